The van der Waals surface area contributed by atoms with Crippen LogP contribution in [0.25, 0.3) is 0 Å². The summed E-state index contributed by atoms with van der Waals surface area (Å²) in [6, 6.07) is -1.26. The van der Waals surface area contributed by atoms with E-state index in [0.717, 1.165) is 0 Å². The van der Waals surface area contributed by atoms with Crippen LogP contribution in [-0.4, -0.2) is 103 Å². The average Bonchev–Trinajstić information content (AvgIpc) is 3.19. The molecule has 1 unspecified atom stereocenters. The molecule has 3 heterocycles. The standard InChI is InChI=1S/C27H41N3O8Si/c1-9-13-36-24(34)28-11-12-29(25(35)37-14-10-2)19(16-28)17-15-18-20(22(31)30(18)21(17)23(32)33)27(6,26(3,4)5)38-39(7)8/h9-10,18-20,39H,1-2,11-16H2,3-8H3,(H,32,33)/t18-,19?,20-,27-/m1/s1. The Labute approximate surface area is 231 Å². The Morgan fingerprint density at radius 1 is 1.05 bits per heavy atom. The molecule has 0 radical (unpaired) electrons. The highest BCUT2D eigenvalue weighted by Gasteiger charge is 2.65. The van der Waals surface area contributed by atoms with Gasteiger partial charge in [0.1, 0.15) is 18.9 Å². The van der Waals surface area contributed by atoms with Crippen molar-refractivity contribution in [2.75, 3.05) is 32.8 Å². The zero-order valence-corrected chi connectivity index (χ0v) is 24.9. The number of amides is 3. The van der Waals surface area contributed by atoms with E-state index in [4.69, 9.17) is 13.9 Å². The van der Waals surface area contributed by atoms with Crippen molar-refractivity contribution in [1.82, 2.24) is 14.7 Å². The summed E-state index contributed by atoms with van der Waals surface area (Å²) < 4.78 is 17.0. The molecule has 39 heavy (non-hydrogen) atoms. The summed E-state index contributed by atoms with van der Waals surface area (Å²) in [6.45, 7) is 19.5. The van der Waals surface area contributed by atoms with Gasteiger partial charge in [-0.1, -0.05) is 46.1 Å². The van der Waals surface area contributed by atoms with Gasteiger partial charge in [0.15, 0.2) is 9.04 Å². The predicted octanol–water partition coefficient (Wildman–Crippen LogP) is 2.99. The SMILES string of the molecule is C=CCOC(=O)N1CCN(C(=O)OCC=C)C(C2=C(C(=O)O)N3C(=O)[C@H]([C@@](C)(O[SiH](C)C)C(C)(C)C)[C@H]3C2)C1. The molecule has 3 aliphatic heterocycles. The van der Waals surface area contributed by atoms with Crippen LogP contribution < -0.4 is 0 Å². The summed E-state index contributed by atoms with van der Waals surface area (Å²) >= 11 is 0. The predicted molar refractivity (Wildman–Crippen MR) is 146 cm³/mol. The molecule has 12 heteroatoms. The van der Waals surface area contributed by atoms with Gasteiger partial charge in [-0.15, -0.1) is 0 Å². The highest BCUT2D eigenvalue weighted by Crippen LogP contribution is 2.53. The first-order chi connectivity index (χ1) is 18.2. The van der Waals surface area contributed by atoms with E-state index < -0.39 is 56.2 Å². The number of hydrogen-bond donors (Lipinski definition) is 1. The van der Waals surface area contributed by atoms with Crippen LogP contribution in [0, 0.1) is 11.3 Å². The second-order valence-electron chi connectivity index (χ2n) is 11.5. The van der Waals surface area contributed by atoms with Gasteiger partial charge in [-0.3, -0.25) is 9.69 Å². The van der Waals surface area contributed by atoms with Gasteiger partial charge in [-0.25, -0.2) is 14.4 Å². The summed E-state index contributed by atoms with van der Waals surface area (Å²) in [5, 5.41) is 10.3. The van der Waals surface area contributed by atoms with E-state index in [1.807, 2.05) is 40.8 Å². The fourth-order valence-corrected chi connectivity index (χ4v) is 7.23. The largest absolute Gasteiger partial charge is 0.477 e. The number of carboxylic acid groups (broad SMARTS) is 1. The zero-order chi connectivity index (χ0) is 29.3. The van der Waals surface area contributed by atoms with Crippen molar-refractivity contribution in [3.8, 4) is 0 Å². The molecule has 0 aromatic rings. The number of ether oxygens (including phenoxy) is 2. The molecule has 216 valence electrons. The van der Waals surface area contributed by atoms with Crippen LogP contribution in [0.2, 0.25) is 13.1 Å². The summed E-state index contributed by atoms with van der Waals surface area (Å²) in [6.07, 6.45) is 1.88. The number of carboxylic acids is 1. The van der Waals surface area contributed by atoms with Crippen LogP contribution >= 0.6 is 0 Å². The highest BCUT2D eigenvalue weighted by atomic mass is 28.3. The van der Waals surface area contributed by atoms with Crippen LogP contribution in [0.1, 0.15) is 34.1 Å². The lowest BCUT2D eigenvalue weighted by Crippen LogP contribution is -2.70. The lowest BCUT2D eigenvalue weighted by Gasteiger charge is -2.57. The summed E-state index contributed by atoms with van der Waals surface area (Å²) in [5.74, 6) is -2.13. The van der Waals surface area contributed by atoms with E-state index in [0.29, 0.717) is 5.57 Å². The van der Waals surface area contributed by atoms with Crippen molar-refractivity contribution >= 4 is 33.1 Å². The van der Waals surface area contributed by atoms with Gasteiger partial charge >= 0.3 is 18.2 Å². The Morgan fingerprint density at radius 3 is 2.15 bits per heavy atom. The molecule has 0 spiro atoms. The first-order valence-corrected chi connectivity index (χ1v) is 16.0. The Morgan fingerprint density at radius 2 is 1.64 bits per heavy atom. The zero-order valence-electron chi connectivity index (χ0n) is 23.8. The van der Waals surface area contributed by atoms with Gasteiger partial charge in [-0.2, -0.15) is 0 Å². The number of fused-ring (bicyclic) bond motifs is 1. The maximum atomic E-state index is 13.7. The number of carbonyl (C=O) groups is 4. The van der Waals surface area contributed by atoms with Crippen molar-refractivity contribution in [3.63, 3.8) is 0 Å². The molecule has 11 nitrogen and oxygen atoms in total. The molecule has 0 saturated carbocycles. The maximum Gasteiger partial charge on any atom is 0.410 e. The van der Waals surface area contributed by atoms with E-state index in [1.165, 1.54) is 26.9 Å². The topological polar surface area (TPSA) is 126 Å². The van der Waals surface area contributed by atoms with Crippen molar-refractivity contribution in [2.24, 2.45) is 11.3 Å². The molecule has 0 bridgehead atoms. The number of piperazine rings is 1. The Hall–Kier alpha value is -3.12. The fourth-order valence-electron chi connectivity index (χ4n) is 5.75. The van der Waals surface area contributed by atoms with Crippen molar-refractivity contribution < 1.29 is 38.2 Å². The van der Waals surface area contributed by atoms with E-state index in [-0.39, 0.29) is 50.9 Å². The number of rotatable bonds is 9. The number of nitrogens with zero attached hydrogens (tertiary/aromatic N) is 3. The summed E-state index contributed by atoms with van der Waals surface area (Å²) in [4.78, 5) is 56.1. The molecule has 3 rings (SSSR count). The lowest BCUT2D eigenvalue weighted by atomic mass is 9.63. The van der Waals surface area contributed by atoms with Gasteiger partial charge in [0.2, 0.25) is 5.91 Å². The second kappa shape index (κ2) is 11.5. The van der Waals surface area contributed by atoms with E-state index in [1.54, 1.807) is 0 Å². The molecular weight excluding hydrogens is 522 g/mol. The minimum atomic E-state index is -1.58. The molecule has 4 atom stereocenters. The lowest BCUT2D eigenvalue weighted by molar-refractivity contribution is -0.180. The van der Waals surface area contributed by atoms with E-state index >= 15 is 0 Å². The molecule has 2 saturated heterocycles. The molecular formula is C27H41N3O8Si. The second-order valence-corrected chi connectivity index (χ2v) is 13.9. The van der Waals surface area contributed by atoms with Crippen LogP contribution in [0.15, 0.2) is 36.6 Å². The third-order valence-corrected chi connectivity index (χ3v) is 8.85. The fraction of sp³-hybridized carbons (Fsp3) is 0.630. The van der Waals surface area contributed by atoms with Crippen LogP contribution in [-0.2, 0) is 23.5 Å². The monoisotopic (exact) mass is 563 g/mol. The average molecular weight is 564 g/mol. The Kier molecular flexibility index (Phi) is 9.01. The first kappa shape index (κ1) is 30.4. The number of hydrogen-bond acceptors (Lipinski definition) is 7. The summed E-state index contributed by atoms with van der Waals surface area (Å²) in [5.41, 5.74) is -0.967. The number of β-lactam (4-membered cyclic amide) rings is 1. The maximum absolute atomic E-state index is 13.7. The molecule has 3 amide bonds. The molecule has 1 N–H and O–H groups in total. The van der Waals surface area contributed by atoms with Crippen LogP contribution in [0.5, 0.6) is 0 Å². The molecule has 0 aliphatic carbocycles. The quantitative estimate of drug-likeness (QED) is 0.258. The van der Waals surface area contributed by atoms with Crippen LogP contribution in [0.3, 0.4) is 0 Å². The van der Waals surface area contributed by atoms with Gasteiger partial charge in [0.25, 0.3) is 0 Å². The molecule has 3 aliphatic rings. The van der Waals surface area contributed by atoms with Crippen LogP contribution in [0.4, 0.5) is 9.59 Å². The minimum absolute atomic E-state index is 0.00333. The minimum Gasteiger partial charge on any atom is -0.477 e. The normalized spacial score (nSPS) is 24.6. The Balaban J connectivity index is 2.01. The third kappa shape index (κ3) is 5.62. The Bertz CT molecular complexity index is 1070. The molecule has 0 aromatic heterocycles. The highest BCUT2D eigenvalue weighted by molar-refractivity contribution is 6.48. The molecule has 2 fully saturated rings. The molecule has 0 aromatic carbocycles. The van der Waals surface area contributed by atoms with E-state index in [2.05, 4.69) is 13.2 Å². The first-order valence-electron chi connectivity index (χ1n) is 13.2. The van der Waals surface area contributed by atoms with E-state index in [9.17, 15) is 24.3 Å². The third-order valence-electron chi connectivity index (χ3n) is 7.88. The van der Waals surface area contributed by atoms with Gasteiger partial charge < -0.3 is 28.8 Å². The van der Waals surface area contributed by atoms with Gasteiger partial charge in [-0.05, 0) is 37.4 Å². The van der Waals surface area contributed by atoms with Crippen molar-refractivity contribution in [2.45, 2.75) is 64.9 Å². The number of aliphatic carboxylic acids is 1. The van der Waals surface area contributed by atoms with Crippen molar-refractivity contribution in [1.29, 1.82) is 0 Å². The number of carbonyl (C=O) groups excluding carboxylic acids is 3. The summed E-state index contributed by atoms with van der Waals surface area (Å²) in [7, 11) is -1.58. The smallest absolute Gasteiger partial charge is 0.410 e. The van der Waals surface area contributed by atoms with Gasteiger partial charge in [0.05, 0.1) is 23.6 Å². The van der Waals surface area contributed by atoms with Crippen molar-refractivity contribution in [3.05, 3.63) is 36.6 Å². The van der Waals surface area contributed by atoms with Gasteiger partial charge in [0, 0.05) is 19.6 Å².